The molecule has 4 heterocycles. The third-order valence-electron chi connectivity index (χ3n) is 4.72. The number of amides is 1. The lowest BCUT2D eigenvalue weighted by Crippen LogP contribution is -2.38. The summed E-state index contributed by atoms with van der Waals surface area (Å²) in [6, 6.07) is 10.6. The molecular weight excluding hydrogens is 386 g/mol. The summed E-state index contributed by atoms with van der Waals surface area (Å²) in [7, 11) is 0. The molecule has 1 saturated heterocycles. The van der Waals surface area contributed by atoms with Crippen molar-refractivity contribution < 1.29 is 13.9 Å². The molecule has 3 aromatic heterocycles. The van der Waals surface area contributed by atoms with Crippen molar-refractivity contribution in [3.8, 4) is 6.07 Å². The summed E-state index contributed by atoms with van der Waals surface area (Å²) in [5.41, 5.74) is 0.131. The molecule has 0 atom stereocenters. The van der Waals surface area contributed by atoms with Crippen molar-refractivity contribution in [2.45, 2.75) is 6.54 Å². The highest BCUT2D eigenvalue weighted by molar-refractivity contribution is 6.02. The number of rotatable bonds is 5. The van der Waals surface area contributed by atoms with Crippen LogP contribution in [0.5, 0.6) is 0 Å². The Morgan fingerprint density at radius 3 is 2.83 bits per heavy atom. The fourth-order valence-electron chi connectivity index (χ4n) is 3.20. The Morgan fingerprint density at radius 1 is 1.27 bits per heavy atom. The minimum atomic E-state index is -0.598. The number of aromatic nitrogens is 2. The molecule has 0 unspecified atom stereocenters. The summed E-state index contributed by atoms with van der Waals surface area (Å²) >= 11 is 0. The Morgan fingerprint density at radius 2 is 2.10 bits per heavy atom. The van der Waals surface area contributed by atoms with E-state index >= 15 is 0 Å². The molecule has 1 fully saturated rings. The minimum absolute atomic E-state index is 0.135. The topological polar surface area (TPSA) is 113 Å². The number of hydrogen-bond donors (Lipinski definition) is 1. The molecule has 9 heteroatoms. The first-order valence-corrected chi connectivity index (χ1v) is 9.44. The van der Waals surface area contributed by atoms with Gasteiger partial charge in [0.05, 0.1) is 31.6 Å². The van der Waals surface area contributed by atoms with E-state index in [1.165, 1.54) is 16.7 Å². The predicted octanol–water partition coefficient (Wildman–Crippen LogP) is 1.35. The molecule has 3 aromatic rings. The maximum atomic E-state index is 13.2. The van der Waals surface area contributed by atoms with Gasteiger partial charge in [-0.1, -0.05) is 6.07 Å². The van der Waals surface area contributed by atoms with Crippen LogP contribution in [-0.2, 0) is 16.1 Å². The summed E-state index contributed by atoms with van der Waals surface area (Å²) in [6.45, 7) is 2.27. The number of ether oxygens (including phenoxy) is 1. The van der Waals surface area contributed by atoms with E-state index in [0.29, 0.717) is 43.5 Å². The summed E-state index contributed by atoms with van der Waals surface area (Å²) < 4.78 is 12.0. The van der Waals surface area contributed by atoms with Crippen molar-refractivity contribution in [1.82, 2.24) is 14.7 Å². The highest BCUT2D eigenvalue weighted by Crippen LogP contribution is 2.20. The van der Waals surface area contributed by atoms with Crippen molar-refractivity contribution in [2.24, 2.45) is 0 Å². The predicted molar refractivity (Wildman–Crippen MR) is 109 cm³/mol. The molecule has 0 bridgehead atoms. The number of hydrogen-bond acceptors (Lipinski definition) is 7. The molecule has 0 aromatic carbocycles. The van der Waals surface area contributed by atoms with Gasteiger partial charge in [0.25, 0.3) is 11.5 Å². The molecule has 30 heavy (non-hydrogen) atoms. The average molecular weight is 405 g/mol. The number of nitriles is 1. The van der Waals surface area contributed by atoms with Crippen LogP contribution in [0.4, 0.5) is 5.82 Å². The SMILES string of the molecule is N#C/C(=C\c1c(N2CCOCC2)nc2ccccn2c1=O)C(=O)NCc1ccco1. The quantitative estimate of drug-likeness (QED) is 0.503. The first-order valence-electron chi connectivity index (χ1n) is 9.44. The molecule has 4 rings (SSSR count). The van der Waals surface area contributed by atoms with Gasteiger partial charge in [0.2, 0.25) is 0 Å². The maximum absolute atomic E-state index is 13.2. The van der Waals surface area contributed by atoms with Gasteiger partial charge in [0.1, 0.15) is 28.9 Å². The smallest absolute Gasteiger partial charge is 0.267 e. The monoisotopic (exact) mass is 405 g/mol. The number of nitrogens with zero attached hydrogens (tertiary/aromatic N) is 4. The van der Waals surface area contributed by atoms with Gasteiger partial charge in [-0.05, 0) is 30.3 Å². The van der Waals surface area contributed by atoms with Crippen molar-refractivity contribution in [1.29, 1.82) is 5.26 Å². The second-order valence-electron chi connectivity index (χ2n) is 6.61. The van der Waals surface area contributed by atoms with Crippen LogP contribution in [0.25, 0.3) is 11.7 Å². The van der Waals surface area contributed by atoms with Crippen LogP contribution in [0.1, 0.15) is 11.3 Å². The third-order valence-corrected chi connectivity index (χ3v) is 4.72. The van der Waals surface area contributed by atoms with Crippen LogP contribution in [0.15, 0.2) is 57.6 Å². The molecule has 152 valence electrons. The van der Waals surface area contributed by atoms with Crippen LogP contribution in [0.3, 0.4) is 0 Å². The Kier molecular flexibility index (Phi) is 5.59. The van der Waals surface area contributed by atoms with E-state index in [-0.39, 0.29) is 23.2 Å². The molecular formula is C21H19N5O4. The molecule has 0 radical (unpaired) electrons. The van der Waals surface area contributed by atoms with Crippen LogP contribution in [0, 0.1) is 11.3 Å². The van der Waals surface area contributed by atoms with Gasteiger partial charge in [-0.15, -0.1) is 0 Å². The van der Waals surface area contributed by atoms with E-state index in [1.807, 2.05) is 11.0 Å². The van der Waals surface area contributed by atoms with Gasteiger partial charge in [-0.2, -0.15) is 5.26 Å². The van der Waals surface area contributed by atoms with Crippen molar-refractivity contribution in [2.75, 3.05) is 31.2 Å². The van der Waals surface area contributed by atoms with Crippen LogP contribution in [0.2, 0.25) is 0 Å². The molecule has 1 N–H and O–H groups in total. The minimum Gasteiger partial charge on any atom is -0.467 e. The number of morpholine rings is 1. The van der Waals surface area contributed by atoms with E-state index in [1.54, 1.807) is 36.5 Å². The number of furan rings is 1. The van der Waals surface area contributed by atoms with Gasteiger partial charge in [0, 0.05) is 19.3 Å². The molecule has 1 aliphatic rings. The van der Waals surface area contributed by atoms with Gasteiger partial charge < -0.3 is 19.4 Å². The summed E-state index contributed by atoms with van der Waals surface area (Å²) in [4.78, 5) is 32.3. The van der Waals surface area contributed by atoms with E-state index in [2.05, 4.69) is 10.3 Å². The Labute approximate surface area is 171 Å². The molecule has 0 saturated carbocycles. The standard InChI is InChI=1S/C21H19N5O4/c22-13-15(20(27)23-14-16-4-3-9-30-16)12-17-19(25-7-10-29-11-8-25)24-18-5-1-2-6-26(18)21(17)28/h1-6,9,12H,7-8,10-11,14H2,(H,23,27)/b15-12+. The molecule has 1 amide bonds. The van der Waals surface area contributed by atoms with Crippen LogP contribution in [-0.4, -0.2) is 41.6 Å². The number of anilines is 1. The Balaban J connectivity index is 1.75. The highest BCUT2D eigenvalue weighted by atomic mass is 16.5. The Bertz CT molecular complexity index is 1180. The normalized spacial score (nSPS) is 14.5. The van der Waals surface area contributed by atoms with Crippen molar-refractivity contribution >= 4 is 23.4 Å². The Hall–Kier alpha value is -3.90. The van der Waals surface area contributed by atoms with Gasteiger partial charge in [-0.25, -0.2) is 4.98 Å². The number of fused-ring (bicyclic) bond motifs is 1. The largest absolute Gasteiger partial charge is 0.467 e. The fourth-order valence-corrected chi connectivity index (χ4v) is 3.20. The zero-order chi connectivity index (χ0) is 20.9. The zero-order valence-electron chi connectivity index (χ0n) is 16.1. The first-order chi connectivity index (χ1) is 14.7. The lowest BCUT2D eigenvalue weighted by Gasteiger charge is -2.29. The molecule has 0 aliphatic carbocycles. The highest BCUT2D eigenvalue weighted by Gasteiger charge is 2.21. The van der Waals surface area contributed by atoms with Crippen molar-refractivity contribution in [3.63, 3.8) is 0 Å². The third kappa shape index (κ3) is 3.94. The molecule has 1 aliphatic heterocycles. The number of pyridine rings is 1. The average Bonchev–Trinajstić information content (AvgIpc) is 3.31. The van der Waals surface area contributed by atoms with Crippen LogP contribution < -0.4 is 15.8 Å². The van der Waals surface area contributed by atoms with Crippen molar-refractivity contribution in [3.05, 3.63) is 70.0 Å². The zero-order valence-corrected chi connectivity index (χ0v) is 16.1. The van der Waals surface area contributed by atoms with E-state index in [0.717, 1.165) is 0 Å². The van der Waals surface area contributed by atoms with Gasteiger partial charge in [0.15, 0.2) is 0 Å². The summed E-state index contributed by atoms with van der Waals surface area (Å²) in [6.07, 6.45) is 4.41. The maximum Gasteiger partial charge on any atom is 0.267 e. The second kappa shape index (κ2) is 8.63. The number of carbonyl (C=O) groups excluding carboxylic acids is 1. The fraction of sp³-hybridized carbons (Fsp3) is 0.238. The van der Waals surface area contributed by atoms with Crippen LogP contribution >= 0.6 is 0 Å². The summed E-state index contributed by atoms with van der Waals surface area (Å²) in [5.74, 6) is 0.391. The van der Waals surface area contributed by atoms with E-state index < -0.39 is 5.91 Å². The lowest BCUT2D eigenvalue weighted by molar-refractivity contribution is -0.117. The number of carbonyl (C=O) groups is 1. The lowest BCUT2D eigenvalue weighted by atomic mass is 10.1. The molecule has 9 nitrogen and oxygen atoms in total. The van der Waals surface area contributed by atoms with E-state index in [4.69, 9.17) is 9.15 Å². The first kappa shape index (κ1) is 19.4. The number of nitrogens with one attached hydrogen (secondary N) is 1. The van der Waals surface area contributed by atoms with Gasteiger partial charge in [-0.3, -0.25) is 14.0 Å². The van der Waals surface area contributed by atoms with E-state index in [9.17, 15) is 14.9 Å². The second-order valence-corrected chi connectivity index (χ2v) is 6.61. The molecule has 0 spiro atoms. The van der Waals surface area contributed by atoms with Gasteiger partial charge >= 0.3 is 0 Å². The summed E-state index contributed by atoms with van der Waals surface area (Å²) in [5, 5.41) is 12.2.